The molecule has 2 rings (SSSR count). The van der Waals surface area contributed by atoms with Crippen molar-refractivity contribution in [2.75, 3.05) is 16.4 Å². The van der Waals surface area contributed by atoms with E-state index < -0.39 is 0 Å². The van der Waals surface area contributed by atoms with E-state index >= 15 is 0 Å². The van der Waals surface area contributed by atoms with Crippen molar-refractivity contribution in [3.8, 4) is 0 Å². The van der Waals surface area contributed by atoms with Crippen LogP contribution in [0.25, 0.3) is 0 Å². The fourth-order valence-electron chi connectivity index (χ4n) is 1.90. The van der Waals surface area contributed by atoms with Crippen LogP contribution in [-0.2, 0) is 0 Å². The van der Waals surface area contributed by atoms with Gasteiger partial charge in [-0.2, -0.15) is 0 Å². The van der Waals surface area contributed by atoms with E-state index in [-0.39, 0.29) is 11.8 Å². The van der Waals surface area contributed by atoms with Crippen molar-refractivity contribution in [1.82, 2.24) is 9.97 Å². The van der Waals surface area contributed by atoms with Crippen molar-refractivity contribution in [1.29, 1.82) is 0 Å². The monoisotopic (exact) mass is 299 g/mol. The van der Waals surface area contributed by atoms with E-state index in [4.69, 9.17) is 5.73 Å². The van der Waals surface area contributed by atoms with Gasteiger partial charge in [0.2, 0.25) is 0 Å². The lowest BCUT2D eigenvalue weighted by atomic mass is 10.1. The van der Waals surface area contributed by atoms with Crippen molar-refractivity contribution < 1.29 is 4.79 Å². The fourth-order valence-corrected chi connectivity index (χ4v) is 1.90. The summed E-state index contributed by atoms with van der Waals surface area (Å²) in [4.78, 5) is 19.8. The van der Waals surface area contributed by atoms with Gasteiger partial charge in [0.05, 0.1) is 0 Å². The van der Waals surface area contributed by atoms with Crippen molar-refractivity contribution >= 4 is 28.8 Å². The molecule has 1 unspecified atom stereocenters. The smallest absolute Gasteiger partial charge is 0.159 e. The quantitative estimate of drug-likeness (QED) is 0.709. The topological polar surface area (TPSA) is 92.9 Å². The molecule has 6 nitrogen and oxygen atoms in total. The van der Waals surface area contributed by atoms with Gasteiger partial charge in [-0.3, -0.25) is 4.79 Å². The first-order valence-corrected chi connectivity index (χ1v) is 7.26. The Morgan fingerprint density at radius 2 is 2.05 bits per heavy atom. The van der Waals surface area contributed by atoms with E-state index in [1.54, 1.807) is 12.1 Å². The van der Waals surface area contributed by atoms with Gasteiger partial charge >= 0.3 is 0 Å². The average Bonchev–Trinajstić information content (AvgIpc) is 2.51. The van der Waals surface area contributed by atoms with E-state index in [2.05, 4.69) is 34.4 Å². The van der Waals surface area contributed by atoms with E-state index in [1.165, 1.54) is 13.3 Å². The highest BCUT2D eigenvalue weighted by Gasteiger charge is 2.10. The SMILES string of the molecule is CCC(C)Nc1ncnc(Nc2cccc(C(C)=O)c2)c1N. The maximum absolute atomic E-state index is 11.4. The van der Waals surface area contributed by atoms with Crippen molar-refractivity contribution in [3.63, 3.8) is 0 Å². The summed E-state index contributed by atoms with van der Waals surface area (Å²) in [7, 11) is 0. The number of nitrogens with one attached hydrogen (secondary N) is 2. The third kappa shape index (κ3) is 3.72. The second-order valence-corrected chi connectivity index (χ2v) is 5.20. The molecule has 1 atom stereocenters. The molecule has 0 aliphatic rings. The number of carbonyl (C=O) groups excluding carboxylic acids is 1. The molecule has 0 aliphatic heterocycles. The number of nitrogens with two attached hydrogens (primary N) is 1. The van der Waals surface area contributed by atoms with Crippen LogP contribution in [0.3, 0.4) is 0 Å². The van der Waals surface area contributed by atoms with Crippen LogP contribution in [0, 0.1) is 0 Å². The van der Waals surface area contributed by atoms with Crippen molar-refractivity contribution in [3.05, 3.63) is 36.2 Å². The Kier molecular flexibility index (Phi) is 4.93. The molecule has 0 bridgehead atoms. The predicted molar refractivity (Wildman–Crippen MR) is 89.5 cm³/mol. The Hall–Kier alpha value is -2.63. The van der Waals surface area contributed by atoms with Gasteiger partial charge in [-0.15, -0.1) is 0 Å². The van der Waals surface area contributed by atoms with Gasteiger partial charge in [-0.25, -0.2) is 9.97 Å². The molecule has 0 saturated heterocycles. The normalized spacial score (nSPS) is 11.8. The molecule has 0 fully saturated rings. The Morgan fingerprint density at radius 1 is 1.32 bits per heavy atom. The molecule has 0 saturated carbocycles. The van der Waals surface area contributed by atoms with Crippen molar-refractivity contribution in [2.45, 2.75) is 33.2 Å². The first-order chi connectivity index (χ1) is 10.5. The lowest BCUT2D eigenvalue weighted by Gasteiger charge is -2.16. The summed E-state index contributed by atoms with van der Waals surface area (Å²) in [5.74, 6) is 1.13. The number of nitrogen functional groups attached to an aromatic ring is 1. The van der Waals surface area contributed by atoms with Gasteiger partial charge in [0.1, 0.15) is 12.0 Å². The summed E-state index contributed by atoms with van der Waals surface area (Å²) in [5.41, 5.74) is 7.96. The average molecular weight is 299 g/mol. The summed E-state index contributed by atoms with van der Waals surface area (Å²) in [6.07, 6.45) is 2.42. The van der Waals surface area contributed by atoms with Gasteiger partial charge in [0.15, 0.2) is 17.4 Å². The van der Waals surface area contributed by atoms with E-state index in [0.29, 0.717) is 22.9 Å². The van der Waals surface area contributed by atoms with Crippen LogP contribution in [0.5, 0.6) is 0 Å². The lowest BCUT2D eigenvalue weighted by molar-refractivity contribution is 0.101. The van der Waals surface area contributed by atoms with Crippen LogP contribution in [0.4, 0.5) is 23.0 Å². The molecular weight excluding hydrogens is 278 g/mol. The summed E-state index contributed by atoms with van der Waals surface area (Å²) in [5, 5.41) is 6.38. The Morgan fingerprint density at radius 3 is 2.73 bits per heavy atom. The van der Waals surface area contributed by atoms with Crippen LogP contribution in [0.1, 0.15) is 37.6 Å². The Balaban J connectivity index is 2.24. The number of hydrogen-bond donors (Lipinski definition) is 3. The number of nitrogens with zero attached hydrogens (tertiary/aromatic N) is 2. The zero-order valence-electron chi connectivity index (χ0n) is 13.1. The van der Waals surface area contributed by atoms with E-state index in [0.717, 1.165) is 12.1 Å². The number of benzene rings is 1. The van der Waals surface area contributed by atoms with Crippen LogP contribution in [0.15, 0.2) is 30.6 Å². The molecule has 2 aromatic rings. The third-order valence-corrected chi connectivity index (χ3v) is 3.41. The zero-order chi connectivity index (χ0) is 16.1. The summed E-state index contributed by atoms with van der Waals surface area (Å²) >= 11 is 0. The first-order valence-electron chi connectivity index (χ1n) is 7.26. The van der Waals surface area contributed by atoms with E-state index in [1.807, 2.05) is 12.1 Å². The molecule has 1 aromatic heterocycles. The predicted octanol–water partition coefficient (Wildman–Crippen LogP) is 3.22. The number of Topliss-reactive ketones (excluding diaryl/α,β-unsaturated/α-hetero) is 1. The highest BCUT2D eigenvalue weighted by Crippen LogP contribution is 2.26. The highest BCUT2D eigenvalue weighted by atomic mass is 16.1. The van der Waals surface area contributed by atoms with Gasteiger partial charge in [-0.1, -0.05) is 19.1 Å². The molecule has 6 heteroatoms. The molecule has 1 heterocycles. The number of carbonyl (C=O) groups is 1. The molecule has 1 aromatic carbocycles. The van der Waals surface area contributed by atoms with Crippen LogP contribution in [-0.4, -0.2) is 21.8 Å². The fraction of sp³-hybridized carbons (Fsp3) is 0.312. The van der Waals surface area contributed by atoms with Gasteiger partial charge in [0.25, 0.3) is 0 Å². The molecule has 0 spiro atoms. The third-order valence-electron chi connectivity index (χ3n) is 3.41. The molecular formula is C16H21N5O. The minimum Gasteiger partial charge on any atom is -0.393 e. The summed E-state index contributed by atoms with van der Waals surface area (Å²) in [6, 6.07) is 7.48. The minimum atomic E-state index is 0.0124. The van der Waals surface area contributed by atoms with Crippen LogP contribution >= 0.6 is 0 Å². The molecule has 0 radical (unpaired) electrons. The Labute approximate surface area is 130 Å². The molecule has 4 N–H and O–H groups in total. The zero-order valence-corrected chi connectivity index (χ0v) is 13.1. The Bertz CT molecular complexity index is 671. The minimum absolute atomic E-state index is 0.0124. The van der Waals surface area contributed by atoms with Gasteiger partial charge in [0, 0.05) is 17.3 Å². The summed E-state index contributed by atoms with van der Waals surface area (Å²) < 4.78 is 0. The van der Waals surface area contributed by atoms with Crippen molar-refractivity contribution in [2.24, 2.45) is 0 Å². The second-order valence-electron chi connectivity index (χ2n) is 5.20. The highest BCUT2D eigenvalue weighted by molar-refractivity contribution is 5.95. The number of anilines is 4. The van der Waals surface area contributed by atoms with Gasteiger partial charge in [-0.05, 0) is 32.4 Å². The largest absolute Gasteiger partial charge is 0.393 e. The maximum Gasteiger partial charge on any atom is 0.159 e. The number of ketones is 1. The maximum atomic E-state index is 11.4. The number of aromatic nitrogens is 2. The molecule has 0 amide bonds. The molecule has 116 valence electrons. The lowest BCUT2D eigenvalue weighted by Crippen LogP contribution is -2.16. The van der Waals surface area contributed by atoms with E-state index in [9.17, 15) is 4.79 Å². The van der Waals surface area contributed by atoms with Gasteiger partial charge < -0.3 is 16.4 Å². The van der Waals surface area contributed by atoms with Crippen LogP contribution < -0.4 is 16.4 Å². The number of rotatable bonds is 6. The molecule has 0 aliphatic carbocycles. The van der Waals surface area contributed by atoms with Crippen LogP contribution in [0.2, 0.25) is 0 Å². The standard InChI is InChI=1S/C16H21N5O/c1-4-10(2)20-15-14(17)16(19-9-18-15)21-13-7-5-6-12(8-13)11(3)22/h5-10H,4,17H2,1-3H3,(H2,18,19,20,21). The molecule has 22 heavy (non-hydrogen) atoms. The number of hydrogen-bond acceptors (Lipinski definition) is 6. The first kappa shape index (κ1) is 15.8. The summed E-state index contributed by atoms with van der Waals surface area (Å²) in [6.45, 7) is 5.68. The second kappa shape index (κ2) is 6.89.